The van der Waals surface area contributed by atoms with Gasteiger partial charge in [-0.1, -0.05) is 12.8 Å². The Morgan fingerprint density at radius 3 is 2.73 bits per heavy atom. The number of rotatable bonds is 6. The molecule has 0 radical (unpaired) electrons. The summed E-state index contributed by atoms with van der Waals surface area (Å²) in [5, 5.41) is 12.7. The van der Waals surface area contributed by atoms with Gasteiger partial charge in [0, 0.05) is 17.5 Å². The number of hydrogen-bond donors (Lipinski definition) is 2. The van der Waals surface area contributed by atoms with Crippen LogP contribution in [0.5, 0.6) is 0 Å². The van der Waals surface area contributed by atoms with E-state index < -0.39 is 0 Å². The van der Waals surface area contributed by atoms with Gasteiger partial charge < -0.3 is 10.2 Å². The van der Waals surface area contributed by atoms with Crippen LogP contribution in [0, 0.1) is 13.8 Å². The Balaban J connectivity index is 1.63. The van der Waals surface area contributed by atoms with Crippen LogP contribution in [-0.2, 0) is 0 Å². The zero-order valence-electron chi connectivity index (χ0n) is 16.1. The summed E-state index contributed by atoms with van der Waals surface area (Å²) in [5.41, 5.74) is 2.21. The molecular formula is C19H29N5OS. The Hall–Kier alpha value is -1.86. The van der Waals surface area contributed by atoms with Crippen molar-refractivity contribution in [3.05, 3.63) is 33.6 Å². The van der Waals surface area contributed by atoms with Crippen molar-refractivity contribution in [2.75, 3.05) is 26.0 Å². The van der Waals surface area contributed by atoms with Gasteiger partial charge in [-0.3, -0.25) is 5.32 Å². The predicted molar refractivity (Wildman–Crippen MR) is 107 cm³/mol. The van der Waals surface area contributed by atoms with Crippen LogP contribution in [0.15, 0.2) is 17.5 Å². The maximum atomic E-state index is 12.5. The van der Waals surface area contributed by atoms with Crippen molar-refractivity contribution >= 4 is 23.2 Å². The lowest BCUT2D eigenvalue weighted by Crippen LogP contribution is -2.37. The van der Waals surface area contributed by atoms with Gasteiger partial charge in [0.1, 0.15) is 5.82 Å². The van der Waals surface area contributed by atoms with Crippen LogP contribution < -0.4 is 10.6 Å². The molecule has 1 fully saturated rings. The van der Waals surface area contributed by atoms with E-state index in [1.807, 2.05) is 31.8 Å². The number of anilines is 1. The van der Waals surface area contributed by atoms with E-state index in [-0.39, 0.29) is 12.1 Å². The van der Waals surface area contributed by atoms with Crippen LogP contribution >= 0.6 is 11.3 Å². The molecule has 2 heterocycles. The Kier molecular flexibility index (Phi) is 5.98. The summed E-state index contributed by atoms with van der Waals surface area (Å²) in [6.45, 7) is 4.65. The van der Waals surface area contributed by atoms with Gasteiger partial charge in [0.05, 0.1) is 17.8 Å². The molecule has 0 aliphatic heterocycles. The van der Waals surface area contributed by atoms with Gasteiger partial charge >= 0.3 is 6.03 Å². The zero-order valence-corrected chi connectivity index (χ0v) is 16.9. The number of aromatic nitrogens is 2. The number of carbonyl (C=O) groups is 1. The summed E-state index contributed by atoms with van der Waals surface area (Å²) in [5.74, 6) is 0.792. The maximum absolute atomic E-state index is 12.5. The number of urea groups is 1. The van der Waals surface area contributed by atoms with E-state index >= 15 is 0 Å². The van der Waals surface area contributed by atoms with Gasteiger partial charge in [0.15, 0.2) is 0 Å². The summed E-state index contributed by atoms with van der Waals surface area (Å²) in [4.78, 5) is 15.9. The Morgan fingerprint density at radius 1 is 1.38 bits per heavy atom. The minimum Gasteiger partial charge on any atom is -0.336 e. The Morgan fingerprint density at radius 2 is 2.12 bits per heavy atom. The second-order valence-electron chi connectivity index (χ2n) is 7.34. The molecule has 26 heavy (non-hydrogen) atoms. The molecule has 0 aromatic carbocycles. The van der Waals surface area contributed by atoms with Gasteiger partial charge in [-0.2, -0.15) is 5.10 Å². The molecule has 2 aromatic rings. The van der Waals surface area contributed by atoms with Crippen molar-refractivity contribution in [2.24, 2.45) is 0 Å². The third-order valence-electron chi connectivity index (χ3n) is 5.05. The van der Waals surface area contributed by atoms with E-state index in [0.717, 1.165) is 24.4 Å². The molecule has 2 aromatic heterocycles. The average molecular weight is 376 g/mol. The number of nitrogens with zero attached hydrogens (tertiary/aromatic N) is 3. The minimum absolute atomic E-state index is 0.169. The number of amides is 2. The fourth-order valence-corrected chi connectivity index (χ4v) is 4.75. The minimum atomic E-state index is -0.176. The predicted octanol–water partition coefficient (Wildman–Crippen LogP) is 4.10. The lowest BCUT2D eigenvalue weighted by molar-refractivity contribution is 0.243. The third-order valence-corrected chi connectivity index (χ3v) is 6.17. The number of thiophene rings is 1. The molecule has 0 saturated heterocycles. The smallest absolute Gasteiger partial charge is 0.320 e. The summed E-state index contributed by atoms with van der Waals surface area (Å²) in [6.07, 6.45) is 4.75. The molecule has 7 heteroatoms. The Labute approximate surface area is 159 Å². The summed E-state index contributed by atoms with van der Waals surface area (Å²) >= 11 is 1.74. The molecule has 0 bridgehead atoms. The molecule has 3 rings (SSSR count). The van der Waals surface area contributed by atoms with E-state index in [0.29, 0.717) is 12.6 Å². The molecule has 142 valence electrons. The third kappa shape index (κ3) is 4.27. The second-order valence-corrected chi connectivity index (χ2v) is 8.28. The topological polar surface area (TPSA) is 62.2 Å². The van der Waals surface area contributed by atoms with E-state index in [1.54, 1.807) is 11.3 Å². The molecule has 2 N–H and O–H groups in total. The van der Waals surface area contributed by atoms with Crippen LogP contribution in [0.25, 0.3) is 0 Å². The zero-order chi connectivity index (χ0) is 18.7. The van der Waals surface area contributed by atoms with Gasteiger partial charge in [-0.25, -0.2) is 9.48 Å². The highest BCUT2D eigenvalue weighted by Gasteiger charge is 2.22. The van der Waals surface area contributed by atoms with Gasteiger partial charge in [0.25, 0.3) is 0 Å². The van der Waals surface area contributed by atoms with Crippen LogP contribution in [0.4, 0.5) is 10.6 Å². The molecule has 1 saturated carbocycles. The van der Waals surface area contributed by atoms with Crippen molar-refractivity contribution in [2.45, 2.75) is 51.6 Å². The molecule has 1 aliphatic carbocycles. The lowest BCUT2D eigenvalue weighted by Gasteiger charge is -2.24. The maximum Gasteiger partial charge on any atom is 0.320 e. The molecule has 1 aliphatic rings. The quantitative estimate of drug-likeness (QED) is 0.799. The van der Waals surface area contributed by atoms with Crippen molar-refractivity contribution in [3.63, 3.8) is 0 Å². The Bertz CT molecular complexity index is 745. The number of hydrogen-bond acceptors (Lipinski definition) is 4. The van der Waals surface area contributed by atoms with Gasteiger partial charge in [0.2, 0.25) is 0 Å². The van der Waals surface area contributed by atoms with Crippen LogP contribution in [0.1, 0.15) is 53.9 Å². The fraction of sp³-hybridized carbons (Fsp3) is 0.579. The monoisotopic (exact) mass is 375 g/mol. The summed E-state index contributed by atoms with van der Waals surface area (Å²) in [7, 11) is 4.09. The van der Waals surface area contributed by atoms with E-state index in [1.165, 1.54) is 23.3 Å². The summed E-state index contributed by atoms with van der Waals surface area (Å²) in [6, 6.07) is 4.47. The van der Waals surface area contributed by atoms with Crippen molar-refractivity contribution in [1.82, 2.24) is 20.0 Å². The van der Waals surface area contributed by atoms with Gasteiger partial charge in [-0.15, -0.1) is 11.3 Å². The number of nitrogens with one attached hydrogen (secondary N) is 2. The van der Waals surface area contributed by atoms with Crippen LogP contribution in [0.2, 0.25) is 0 Å². The normalized spacial score (nSPS) is 16.2. The molecule has 2 amide bonds. The number of aryl methyl sites for hydroxylation is 2. The summed E-state index contributed by atoms with van der Waals surface area (Å²) < 4.78 is 1.99. The molecule has 0 spiro atoms. The average Bonchev–Trinajstić information content (AvgIpc) is 3.30. The molecule has 1 unspecified atom stereocenters. The largest absolute Gasteiger partial charge is 0.336 e. The first-order chi connectivity index (χ1) is 12.5. The highest BCUT2D eigenvalue weighted by atomic mass is 32.1. The lowest BCUT2D eigenvalue weighted by atomic mass is 10.1. The SMILES string of the molecule is Cc1cc(NC(=O)NCC(c2sccc2C)N(C)C)n(C2CCCC2)n1. The fourth-order valence-electron chi connectivity index (χ4n) is 3.62. The first-order valence-corrected chi connectivity index (χ1v) is 10.1. The molecular weight excluding hydrogens is 346 g/mol. The number of carbonyl (C=O) groups excluding carboxylic acids is 1. The van der Waals surface area contributed by atoms with Crippen molar-refractivity contribution in [3.8, 4) is 0 Å². The van der Waals surface area contributed by atoms with E-state index in [4.69, 9.17) is 0 Å². The van der Waals surface area contributed by atoms with Crippen LogP contribution in [0.3, 0.4) is 0 Å². The standard InChI is InChI=1S/C19H29N5OS/c1-13-9-10-26-18(13)16(23(3)4)12-20-19(25)21-17-11-14(2)22-24(17)15-7-5-6-8-15/h9-11,15-16H,5-8,12H2,1-4H3,(H2,20,21,25). The number of likely N-dealkylation sites (N-methyl/N-ethyl adjacent to an activating group) is 1. The second kappa shape index (κ2) is 8.22. The first-order valence-electron chi connectivity index (χ1n) is 9.27. The van der Waals surface area contributed by atoms with E-state index in [2.05, 4.69) is 39.0 Å². The highest BCUT2D eigenvalue weighted by molar-refractivity contribution is 7.10. The molecule has 6 nitrogen and oxygen atoms in total. The van der Waals surface area contributed by atoms with Crippen molar-refractivity contribution < 1.29 is 4.79 Å². The highest BCUT2D eigenvalue weighted by Crippen LogP contribution is 2.32. The van der Waals surface area contributed by atoms with Crippen LogP contribution in [-0.4, -0.2) is 41.4 Å². The van der Waals surface area contributed by atoms with Crippen molar-refractivity contribution in [1.29, 1.82) is 0 Å². The van der Waals surface area contributed by atoms with Gasteiger partial charge in [-0.05, 0) is 57.8 Å². The van der Waals surface area contributed by atoms with E-state index in [9.17, 15) is 4.79 Å². The first kappa shape index (κ1) is 18.9. The molecule has 1 atom stereocenters.